The fraction of sp³-hybridized carbons (Fsp3) is 0.400. The van der Waals surface area contributed by atoms with E-state index in [-0.39, 0.29) is 11.5 Å². The van der Waals surface area contributed by atoms with Gasteiger partial charge in [-0.3, -0.25) is 19.1 Å². The molecule has 0 radical (unpaired) electrons. The summed E-state index contributed by atoms with van der Waals surface area (Å²) in [4.78, 5) is 35.1. The summed E-state index contributed by atoms with van der Waals surface area (Å²) in [5.41, 5.74) is 3.69. The van der Waals surface area contributed by atoms with Gasteiger partial charge in [-0.05, 0) is 63.6 Å². The Morgan fingerprint density at radius 2 is 1.84 bits per heavy atom. The molecule has 0 atom stereocenters. The van der Waals surface area contributed by atoms with Gasteiger partial charge in [0.1, 0.15) is 6.33 Å². The van der Waals surface area contributed by atoms with Crippen LogP contribution in [0.1, 0.15) is 36.7 Å². The number of aromatic nitrogens is 2. The van der Waals surface area contributed by atoms with Crippen molar-refractivity contribution in [2.24, 2.45) is 0 Å². The van der Waals surface area contributed by atoms with Crippen molar-refractivity contribution >= 4 is 22.5 Å². The summed E-state index contributed by atoms with van der Waals surface area (Å²) in [6.07, 6.45) is 1.55. The zero-order valence-electron chi connectivity index (χ0n) is 19.3. The highest BCUT2D eigenvalue weighted by Crippen LogP contribution is 2.22. The lowest BCUT2D eigenvalue weighted by molar-refractivity contribution is 0.0956. The second-order valence-electron chi connectivity index (χ2n) is 8.60. The molecule has 1 amide bonds. The number of anilines is 1. The summed E-state index contributed by atoms with van der Waals surface area (Å²) in [6.45, 7) is 12.7. The third-order valence-electron chi connectivity index (χ3n) is 6.22. The van der Waals surface area contributed by atoms with Crippen LogP contribution < -0.4 is 15.8 Å². The first-order chi connectivity index (χ1) is 15.4. The maximum Gasteiger partial charge on any atom is 0.265 e. The van der Waals surface area contributed by atoms with Crippen LogP contribution in [0.3, 0.4) is 0 Å². The fourth-order valence-corrected chi connectivity index (χ4v) is 4.25. The highest BCUT2D eigenvalue weighted by atomic mass is 16.1. The normalized spacial score (nSPS) is 14.8. The summed E-state index contributed by atoms with van der Waals surface area (Å²) in [5, 5.41) is 3.39. The number of fused-ring (bicyclic) bond motifs is 1. The Kier molecular flexibility index (Phi) is 6.28. The summed E-state index contributed by atoms with van der Waals surface area (Å²) in [5.74, 6) is -0.154. The van der Waals surface area contributed by atoms with Crippen molar-refractivity contribution in [3.05, 3.63) is 64.2 Å². The third kappa shape index (κ3) is 4.25. The molecule has 0 saturated carbocycles. The van der Waals surface area contributed by atoms with Gasteiger partial charge in [-0.15, -0.1) is 0 Å². The number of nitrogens with one attached hydrogen (secondary N) is 1. The average molecular weight is 434 g/mol. The monoisotopic (exact) mass is 433 g/mol. The van der Waals surface area contributed by atoms with Gasteiger partial charge in [-0.1, -0.05) is 6.07 Å². The van der Waals surface area contributed by atoms with E-state index in [4.69, 9.17) is 0 Å². The number of benzene rings is 2. The van der Waals surface area contributed by atoms with Crippen molar-refractivity contribution in [3.63, 3.8) is 0 Å². The molecule has 3 aromatic rings. The van der Waals surface area contributed by atoms with Crippen LogP contribution in [0.25, 0.3) is 16.6 Å². The Hall–Kier alpha value is -3.19. The maximum atomic E-state index is 13.5. The zero-order chi connectivity index (χ0) is 22.8. The van der Waals surface area contributed by atoms with Gasteiger partial charge in [0.2, 0.25) is 0 Å². The molecule has 1 fully saturated rings. The molecule has 1 aliphatic rings. The number of hydrogen-bond donors (Lipinski definition) is 1. The first kappa shape index (κ1) is 22.0. The van der Waals surface area contributed by atoms with E-state index in [0.717, 1.165) is 37.4 Å². The van der Waals surface area contributed by atoms with Crippen LogP contribution in [0.5, 0.6) is 0 Å². The van der Waals surface area contributed by atoms with Crippen molar-refractivity contribution in [2.45, 2.75) is 33.7 Å². The summed E-state index contributed by atoms with van der Waals surface area (Å²) < 4.78 is 1.54. The molecular formula is C25H31N5O2. The lowest BCUT2D eigenvalue weighted by Crippen LogP contribution is -2.48. The molecule has 1 aliphatic heterocycles. The van der Waals surface area contributed by atoms with Crippen LogP contribution in [0.15, 0.2) is 47.5 Å². The Bertz CT molecular complexity index is 1190. The third-order valence-corrected chi connectivity index (χ3v) is 6.22. The lowest BCUT2D eigenvalue weighted by atomic mass is 10.1. The van der Waals surface area contributed by atoms with Gasteiger partial charge in [-0.25, -0.2) is 4.98 Å². The molecule has 7 heteroatoms. The van der Waals surface area contributed by atoms with Crippen molar-refractivity contribution in [2.75, 3.05) is 37.6 Å². The molecule has 1 saturated heterocycles. The number of aryl methyl sites for hydroxylation is 1. The van der Waals surface area contributed by atoms with E-state index in [9.17, 15) is 9.59 Å². The molecule has 168 valence electrons. The topological polar surface area (TPSA) is 70.5 Å². The van der Waals surface area contributed by atoms with Gasteiger partial charge < -0.3 is 10.2 Å². The highest BCUT2D eigenvalue weighted by Gasteiger charge is 2.20. The number of nitrogens with zero attached hydrogens (tertiary/aromatic N) is 4. The minimum atomic E-state index is -0.154. The molecule has 32 heavy (non-hydrogen) atoms. The molecular weight excluding hydrogens is 402 g/mol. The van der Waals surface area contributed by atoms with Gasteiger partial charge in [-0.2, -0.15) is 0 Å². The van der Waals surface area contributed by atoms with Crippen LogP contribution >= 0.6 is 0 Å². The average Bonchev–Trinajstić information content (AvgIpc) is 2.80. The van der Waals surface area contributed by atoms with E-state index in [1.54, 1.807) is 23.0 Å². The molecule has 2 heterocycles. The van der Waals surface area contributed by atoms with Crippen LogP contribution in [0.2, 0.25) is 0 Å². The Morgan fingerprint density at radius 3 is 2.53 bits per heavy atom. The van der Waals surface area contributed by atoms with Gasteiger partial charge >= 0.3 is 0 Å². The van der Waals surface area contributed by atoms with E-state index in [0.29, 0.717) is 34.7 Å². The van der Waals surface area contributed by atoms with Crippen LogP contribution in [0.4, 0.5) is 5.69 Å². The predicted octanol–water partition coefficient (Wildman–Crippen LogP) is 2.97. The van der Waals surface area contributed by atoms with Gasteiger partial charge in [0, 0.05) is 50.0 Å². The van der Waals surface area contributed by atoms with Crippen molar-refractivity contribution in [1.29, 1.82) is 0 Å². The van der Waals surface area contributed by atoms with E-state index in [2.05, 4.69) is 33.9 Å². The van der Waals surface area contributed by atoms with Crippen molar-refractivity contribution in [1.82, 2.24) is 19.8 Å². The molecule has 7 nitrogen and oxygen atoms in total. The molecule has 0 unspecified atom stereocenters. The van der Waals surface area contributed by atoms with Gasteiger partial charge in [0.25, 0.3) is 11.5 Å². The highest BCUT2D eigenvalue weighted by molar-refractivity contribution is 5.95. The molecule has 0 bridgehead atoms. The standard InChI is InChI=1S/C25H31N5O2/c1-5-26-24(31)19-7-6-18(4)23(14-19)30-16-27-22-9-8-20(15-21(22)25(30)32)29-12-10-28(11-13-29)17(2)3/h6-9,14-17H,5,10-13H2,1-4H3,(H,26,31). The van der Waals surface area contributed by atoms with Crippen LogP contribution in [0, 0.1) is 6.92 Å². The number of carbonyl (C=O) groups excluding carboxylic acids is 1. The number of carbonyl (C=O) groups is 1. The van der Waals surface area contributed by atoms with Crippen LogP contribution in [-0.2, 0) is 0 Å². The Morgan fingerprint density at radius 1 is 1.09 bits per heavy atom. The number of amides is 1. The fourth-order valence-electron chi connectivity index (χ4n) is 4.25. The Labute approximate surface area is 188 Å². The quantitative estimate of drug-likeness (QED) is 0.670. The molecule has 0 spiro atoms. The lowest BCUT2D eigenvalue weighted by Gasteiger charge is -2.38. The molecule has 1 aromatic heterocycles. The summed E-state index contributed by atoms with van der Waals surface area (Å²) in [7, 11) is 0. The van der Waals surface area contributed by atoms with Crippen molar-refractivity contribution < 1.29 is 4.79 Å². The zero-order valence-corrected chi connectivity index (χ0v) is 19.3. The minimum absolute atomic E-state index is 0.131. The second-order valence-corrected chi connectivity index (χ2v) is 8.60. The van der Waals surface area contributed by atoms with E-state index in [1.165, 1.54) is 0 Å². The van der Waals surface area contributed by atoms with Gasteiger partial charge in [0.05, 0.1) is 16.6 Å². The number of piperazine rings is 1. The minimum Gasteiger partial charge on any atom is -0.369 e. The molecule has 1 N–H and O–H groups in total. The SMILES string of the molecule is CCNC(=O)c1ccc(C)c(-n2cnc3ccc(N4CCN(C(C)C)CC4)cc3c2=O)c1. The molecule has 0 aliphatic carbocycles. The van der Waals surface area contributed by atoms with Gasteiger partial charge in [0.15, 0.2) is 0 Å². The number of rotatable bonds is 5. The first-order valence-electron chi connectivity index (χ1n) is 11.3. The van der Waals surface area contributed by atoms with E-state index < -0.39 is 0 Å². The van der Waals surface area contributed by atoms with E-state index >= 15 is 0 Å². The molecule has 2 aromatic carbocycles. The Balaban J connectivity index is 1.71. The van der Waals surface area contributed by atoms with Crippen molar-refractivity contribution in [3.8, 4) is 5.69 Å². The molecule has 4 rings (SSSR count). The summed E-state index contributed by atoms with van der Waals surface area (Å²) >= 11 is 0. The smallest absolute Gasteiger partial charge is 0.265 e. The largest absolute Gasteiger partial charge is 0.369 e. The predicted molar refractivity (Wildman–Crippen MR) is 129 cm³/mol. The summed E-state index contributed by atoms with van der Waals surface area (Å²) in [6, 6.07) is 11.9. The van der Waals surface area contributed by atoms with E-state index in [1.807, 2.05) is 38.1 Å². The number of hydrogen-bond acceptors (Lipinski definition) is 5. The maximum absolute atomic E-state index is 13.5. The first-order valence-corrected chi connectivity index (χ1v) is 11.3. The second kappa shape index (κ2) is 9.12. The van der Waals surface area contributed by atoms with Crippen LogP contribution in [-0.4, -0.2) is 59.1 Å².